The maximum absolute atomic E-state index is 7.69. The topological polar surface area (TPSA) is 19.6 Å². The molecule has 0 unspecified atom stereocenters. The summed E-state index contributed by atoms with van der Waals surface area (Å²) < 4.78 is 7.69. The Hall–Kier alpha value is -6.26. The van der Waals surface area contributed by atoms with Crippen molar-refractivity contribution in [1.82, 2.24) is 0 Å². The van der Waals surface area contributed by atoms with Crippen molar-refractivity contribution in [3.05, 3.63) is 172 Å². The predicted molar refractivity (Wildman–Crippen MR) is 290 cm³/mol. The van der Waals surface area contributed by atoms with Crippen molar-refractivity contribution < 1.29 is 4.42 Å². The number of hydrogen-bond donors (Lipinski definition) is 0. The molecule has 0 amide bonds. The molecule has 3 heterocycles. The number of fused-ring (bicyclic) bond motifs is 11. The van der Waals surface area contributed by atoms with Gasteiger partial charge < -0.3 is 9.23 Å². The first kappa shape index (κ1) is 43.1. The highest BCUT2D eigenvalue weighted by molar-refractivity contribution is 6.95. The fraction of sp³-hybridized carbons (Fsp3) is 0.312. The average Bonchev–Trinajstić information content (AvgIpc) is 3.78. The highest BCUT2D eigenvalue weighted by Gasteiger charge is 2.52. The smallest absolute Gasteiger partial charge is 0.337 e. The van der Waals surface area contributed by atoms with Crippen molar-refractivity contribution in [3.63, 3.8) is 0 Å². The van der Waals surface area contributed by atoms with E-state index in [0.29, 0.717) is 0 Å². The summed E-state index contributed by atoms with van der Waals surface area (Å²) in [6.45, 7) is 30.6. The molecule has 12 rings (SSSR count). The Labute approximate surface area is 405 Å². The van der Waals surface area contributed by atoms with Crippen LogP contribution in [-0.4, -0.2) is 6.85 Å². The lowest BCUT2D eigenvalue weighted by atomic mass is 9.43. The van der Waals surface area contributed by atoms with Crippen molar-refractivity contribution in [2.24, 2.45) is 0 Å². The molecule has 4 aliphatic rings. The van der Waals surface area contributed by atoms with Crippen LogP contribution in [0.4, 0.5) is 28.6 Å². The molecule has 0 N–H and O–H groups in total. The van der Waals surface area contributed by atoms with E-state index in [9.17, 15) is 0 Å². The predicted octanol–water partition coefficient (Wildman–Crippen LogP) is 16.4. The highest BCUT2D eigenvalue weighted by atomic mass is 16.4. The Balaban J connectivity index is 1.25. The van der Waals surface area contributed by atoms with Crippen LogP contribution in [0.25, 0.3) is 44.3 Å². The Bertz CT molecular complexity index is 3410. The van der Waals surface area contributed by atoms with Gasteiger partial charge in [0.05, 0.1) is 5.69 Å². The van der Waals surface area contributed by atoms with Crippen LogP contribution in [-0.2, 0) is 27.1 Å². The van der Waals surface area contributed by atoms with Gasteiger partial charge in [0.25, 0.3) is 0 Å². The van der Waals surface area contributed by atoms with Crippen LogP contribution in [0.1, 0.15) is 135 Å². The Kier molecular flexibility index (Phi) is 8.97. The summed E-state index contributed by atoms with van der Waals surface area (Å²) in [4.78, 5) is 5.26. The average molecular weight is 889 g/mol. The lowest BCUT2D eigenvalue weighted by Gasteiger charge is -2.46. The van der Waals surface area contributed by atoms with E-state index in [1.807, 2.05) is 0 Å². The number of furan rings is 1. The molecule has 1 aromatic heterocycles. The number of benzene rings is 7. The summed E-state index contributed by atoms with van der Waals surface area (Å²) in [7, 11) is 0. The van der Waals surface area contributed by atoms with Gasteiger partial charge in [-0.2, -0.15) is 0 Å². The molecule has 0 saturated carbocycles. The molecule has 2 aliphatic carbocycles. The normalized spacial score (nSPS) is 17.0. The number of aryl methyl sites for hydroxylation is 1. The zero-order valence-electron chi connectivity index (χ0n) is 42.5. The fourth-order valence-corrected chi connectivity index (χ4v) is 12.7. The van der Waals surface area contributed by atoms with Gasteiger partial charge in [-0.3, -0.25) is 4.90 Å². The number of nitrogens with zero attached hydrogens (tertiary/aromatic N) is 2. The van der Waals surface area contributed by atoms with Crippen LogP contribution in [0.3, 0.4) is 0 Å². The van der Waals surface area contributed by atoms with E-state index in [0.717, 1.165) is 30.0 Å². The second-order valence-electron chi connectivity index (χ2n) is 24.5. The molecular weight excluding hydrogens is 824 g/mol. The summed E-state index contributed by atoms with van der Waals surface area (Å²) >= 11 is 0. The van der Waals surface area contributed by atoms with Crippen LogP contribution in [0, 0.1) is 6.92 Å². The highest BCUT2D eigenvalue weighted by Crippen LogP contribution is 2.59. The second-order valence-corrected chi connectivity index (χ2v) is 24.5. The summed E-state index contributed by atoms with van der Waals surface area (Å²) in [5, 5.41) is 1.21. The van der Waals surface area contributed by atoms with E-state index >= 15 is 0 Å². The van der Waals surface area contributed by atoms with E-state index in [1.165, 1.54) is 106 Å². The maximum atomic E-state index is 7.69. The largest absolute Gasteiger partial charge is 0.440 e. The Morgan fingerprint density at radius 3 is 1.85 bits per heavy atom. The molecule has 8 aromatic rings. The zero-order chi connectivity index (χ0) is 47.6. The zero-order valence-corrected chi connectivity index (χ0v) is 42.5. The molecule has 0 spiro atoms. The molecule has 7 aromatic carbocycles. The van der Waals surface area contributed by atoms with Gasteiger partial charge in [-0.25, -0.2) is 0 Å². The Morgan fingerprint density at radius 1 is 0.529 bits per heavy atom. The lowest BCUT2D eigenvalue weighted by Crippen LogP contribution is -2.61. The quantitative estimate of drug-likeness (QED) is 0.165. The third-order valence-corrected chi connectivity index (χ3v) is 16.7. The van der Waals surface area contributed by atoms with Crippen molar-refractivity contribution >= 4 is 57.4 Å². The monoisotopic (exact) mass is 889 g/mol. The first-order valence-electron chi connectivity index (χ1n) is 25.1. The van der Waals surface area contributed by atoms with Gasteiger partial charge in [0.15, 0.2) is 0 Å². The van der Waals surface area contributed by atoms with Crippen molar-refractivity contribution in [2.75, 3.05) is 9.71 Å². The molecular formula is C64H65BN2O. The fourth-order valence-electron chi connectivity index (χ4n) is 12.7. The number of hydrogen-bond acceptors (Lipinski definition) is 3. The van der Waals surface area contributed by atoms with Gasteiger partial charge in [0.2, 0.25) is 5.88 Å². The second kappa shape index (κ2) is 14.2. The van der Waals surface area contributed by atoms with Crippen molar-refractivity contribution in [3.8, 4) is 33.4 Å². The van der Waals surface area contributed by atoms with Gasteiger partial charge >= 0.3 is 6.85 Å². The van der Waals surface area contributed by atoms with E-state index in [2.05, 4.69) is 233 Å². The summed E-state index contributed by atoms with van der Waals surface area (Å²) in [6.07, 6.45) is 2.28. The molecule has 0 atom stereocenters. The molecule has 4 heteroatoms. The van der Waals surface area contributed by atoms with Crippen molar-refractivity contribution in [1.29, 1.82) is 0 Å². The van der Waals surface area contributed by atoms with Crippen LogP contribution in [0.15, 0.2) is 138 Å². The van der Waals surface area contributed by atoms with Crippen LogP contribution >= 0.6 is 0 Å². The molecule has 340 valence electrons. The summed E-state index contributed by atoms with van der Waals surface area (Å²) in [6, 6.07) is 51.6. The van der Waals surface area contributed by atoms with Gasteiger partial charge in [-0.15, -0.1) is 0 Å². The van der Waals surface area contributed by atoms with E-state index in [4.69, 9.17) is 4.42 Å². The molecule has 3 nitrogen and oxygen atoms in total. The molecule has 0 radical (unpaired) electrons. The molecule has 68 heavy (non-hydrogen) atoms. The minimum absolute atomic E-state index is 0.0124. The summed E-state index contributed by atoms with van der Waals surface area (Å²) in [5.74, 6) is 0.905. The minimum Gasteiger partial charge on any atom is -0.440 e. The summed E-state index contributed by atoms with van der Waals surface area (Å²) in [5.41, 5.74) is 25.2. The van der Waals surface area contributed by atoms with E-state index in [1.54, 1.807) is 0 Å². The number of anilines is 5. The third-order valence-electron chi connectivity index (χ3n) is 16.7. The molecule has 2 aliphatic heterocycles. The van der Waals surface area contributed by atoms with Gasteiger partial charge in [-0.1, -0.05) is 174 Å². The molecule has 0 bridgehead atoms. The van der Waals surface area contributed by atoms with Gasteiger partial charge in [-0.05, 0) is 151 Å². The van der Waals surface area contributed by atoms with Gasteiger partial charge in [0, 0.05) is 44.5 Å². The van der Waals surface area contributed by atoms with Gasteiger partial charge in [0.1, 0.15) is 5.58 Å². The van der Waals surface area contributed by atoms with Crippen LogP contribution < -0.4 is 20.6 Å². The lowest BCUT2D eigenvalue weighted by molar-refractivity contribution is 0.332. The third kappa shape index (κ3) is 6.11. The Morgan fingerprint density at radius 2 is 1.16 bits per heavy atom. The van der Waals surface area contributed by atoms with E-state index < -0.39 is 0 Å². The maximum Gasteiger partial charge on any atom is 0.337 e. The molecule has 0 saturated heterocycles. The van der Waals surface area contributed by atoms with Crippen LogP contribution in [0.2, 0.25) is 0 Å². The first-order valence-corrected chi connectivity index (χ1v) is 25.1. The standard InChI is InChI=1S/C64H65BN2O/c1-38-33-47-45-29-28-44-43-21-17-18-22-49(43)64(12,13)55(44)58(45)67(42-26-23-40(24-27-42)60(2,3)4)65-56(47)53(34-38)66(52-30-25-41(61(5,6)7)35-46(52)39-19-15-14-16-20-39)59-57(65)48-36-50-51(37-54(48)68-59)63(10,11)32-31-62(50,8)9/h14-30,33-37H,31-32H2,1-13H3. The molecule has 0 fully saturated rings. The van der Waals surface area contributed by atoms with E-state index in [-0.39, 0.29) is 33.9 Å². The SMILES string of the molecule is Cc1cc2c3c(c1)N(c1ccc(C(C)(C)C)cc1-c1ccccc1)c1oc4cc5c(cc4c1B3N(c1ccc(C(C)(C)C)cc1)c1c-2ccc2c1C(C)(C)c1ccccc1-2)C(C)(C)CCC5(C)C. The van der Waals surface area contributed by atoms with Crippen molar-refractivity contribution in [2.45, 2.75) is 130 Å². The minimum atomic E-state index is -0.249. The van der Waals surface area contributed by atoms with Crippen LogP contribution in [0.5, 0.6) is 0 Å². The first-order chi connectivity index (χ1) is 32.1. The number of rotatable bonds is 3.